The molecule has 0 aromatic heterocycles. The fraction of sp³-hybridized carbons (Fsp3) is 0.889. The summed E-state index contributed by atoms with van der Waals surface area (Å²) < 4.78 is 38.0. The van der Waals surface area contributed by atoms with Gasteiger partial charge < -0.3 is 15.1 Å². The van der Waals surface area contributed by atoms with E-state index in [2.05, 4.69) is 22.1 Å². The topological polar surface area (TPSA) is 51.2 Å². The third kappa shape index (κ3) is 8.81. The second-order valence-electron chi connectivity index (χ2n) is 7.43. The van der Waals surface area contributed by atoms with E-state index in [9.17, 15) is 18.0 Å². The van der Waals surface area contributed by atoms with Gasteiger partial charge in [0, 0.05) is 39.8 Å². The number of nitrogens with one attached hydrogen (secondary N) is 1. The van der Waals surface area contributed by atoms with Crippen molar-refractivity contribution in [3.63, 3.8) is 0 Å². The Labute approximate surface area is 160 Å². The van der Waals surface area contributed by atoms with Crippen LogP contribution in [0.25, 0.3) is 0 Å². The molecule has 158 valence electrons. The average Bonchev–Trinajstić information content (AvgIpc) is 3.04. The molecular formula is C18H34F3N5O. The second-order valence-corrected chi connectivity index (χ2v) is 7.43. The number of halogens is 3. The molecule has 1 aliphatic heterocycles. The van der Waals surface area contributed by atoms with Crippen molar-refractivity contribution in [2.24, 2.45) is 10.9 Å². The van der Waals surface area contributed by atoms with Crippen LogP contribution in [0.2, 0.25) is 0 Å². The van der Waals surface area contributed by atoms with Gasteiger partial charge in [-0.3, -0.25) is 9.69 Å². The van der Waals surface area contributed by atoms with Crippen molar-refractivity contribution in [1.29, 1.82) is 0 Å². The molecule has 0 bridgehead atoms. The first-order valence-corrected chi connectivity index (χ1v) is 9.60. The van der Waals surface area contributed by atoms with Crippen LogP contribution in [-0.2, 0) is 4.79 Å². The first-order chi connectivity index (χ1) is 12.6. The van der Waals surface area contributed by atoms with Crippen molar-refractivity contribution in [3.8, 4) is 0 Å². The molecule has 1 fully saturated rings. The number of likely N-dealkylation sites (N-methyl/N-ethyl adjacent to an activating group) is 1. The molecule has 0 spiro atoms. The van der Waals surface area contributed by atoms with E-state index in [1.54, 1.807) is 21.0 Å². The summed E-state index contributed by atoms with van der Waals surface area (Å²) in [6.45, 7) is 7.20. The summed E-state index contributed by atoms with van der Waals surface area (Å²) in [6, 6.07) is 0.203. The van der Waals surface area contributed by atoms with Gasteiger partial charge in [-0.2, -0.15) is 13.2 Å². The van der Waals surface area contributed by atoms with Crippen LogP contribution in [0.1, 0.15) is 33.6 Å². The van der Waals surface area contributed by atoms with Crippen LogP contribution >= 0.6 is 0 Å². The minimum absolute atomic E-state index is 0.0576. The molecule has 0 saturated carbocycles. The summed E-state index contributed by atoms with van der Waals surface area (Å²) in [5, 5.41) is 3.34. The van der Waals surface area contributed by atoms with Gasteiger partial charge in [0.05, 0.1) is 6.54 Å². The largest absolute Gasteiger partial charge is 0.401 e. The minimum atomic E-state index is -4.18. The molecule has 27 heavy (non-hydrogen) atoms. The van der Waals surface area contributed by atoms with Gasteiger partial charge in [-0.15, -0.1) is 0 Å². The highest BCUT2D eigenvalue weighted by molar-refractivity contribution is 5.85. The number of guanidine groups is 1. The Kier molecular flexibility index (Phi) is 9.35. The number of hydrogen-bond acceptors (Lipinski definition) is 3. The smallest absolute Gasteiger partial charge is 0.354 e. The molecule has 9 heteroatoms. The molecule has 6 nitrogen and oxygen atoms in total. The van der Waals surface area contributed by atoms with Crippen molar-refractivity contribution in [3.05, 3.63) is 0 Å². The molecular weight excluding hydrogens is 359 g/mol. The van der Waals surface area contributed by atoms with Crippen molar-refractivity contribution >= 4 is 11.9 Å². The maximum Gasteiger partial charge on any atom is 0.401 e. The summed E-state index contributed by atoms with van der Waals surface area (Å²) >= 11 is 0. The van der Waals surface area contributed by atoms with Crippen LogP contribution in [-0.4, -0.2) is 92.1 Å². The molecule has 0 aromatic carbocycles. The van der Waals surface area contributed by atoms with Gasteiger partial charge >= 0.3 is 6.18 Å². The van der Waals surface area contributed by atoms with Gasteiger partial charge in [-0.25, -0.2) is 4.99 Å². The zero-order valence-corrected chi connectivity index (χ0v) is 17.1. The molecule has 1 amide bonds. The summed E-state index contributed by atoms with van der Waals surface area (Å²) in [7, 11) is 3.37. The van der Waals surface area contributed by atoms with E-state index in [4.69, 9.17) is 0 Å². The van der Waals surface area contributed by atoms with E-state index >= 15 is 0 Å². The van der Waals surface area contributed by atoms with E-state index in [1.807, 2.05) is 6.92 Å². The fourth-order valence-corrected chi connectivity index (χ4v) is 2.94. The summed E-state index contributed by atoms with van der Waals surface area (Å²) in [5.41, 5.74) is 0. The number of carbonyl (C=O) groups is 1. The zero-order valence-electron chi connectivity index (χ0n) is 17.1. The van der Waals surface area contributed by atoms with Crippen LogP contribution in [0.4, 0.5) is 13.2 Å². The number of nitrogens with zero attached hydrogens (tertiary/aromatic N) is 4. The van der Waals surface area contributed by atoms with E-state index in [1.165, 1.54) is 9.80 Å². The monoisotopic (exact) mass is 393 g/mol. The van der Waals surface area contributed by atoms with Gasteiger partial charge in [0.25, 0.3) is 0 Å². The third-order valence-electron chi connectivity index (χ3n) is 4.80. The average molecular weight is 393 g/mol. The van der Waals surface area contributed by atoms with Crippen molar-refractivity contribution in [2.45, 2.75) is 45.8 Å². The predicted molar refractivity (Wildman–Crippen MR) is 102 cm³/mol. The minimum Gasteiger partial charge on any atom is -0.354 e. The van der Waals surface area contributed by atoms with Crippen molar-refractivity contribution in [1.82, 2.24) is 20.0 Å². The highest BCUT2D eigenvalue weighted by Crippen LogP contribution is 2.21. The SMILES string of the molecule is CCC(C)NC(=NCC(=O)N(C)C)N1CCC(CN(CC)CC(F)(F)F)C1. The maximum atomic E-state index is 12.7. The van der Waals surface area contributed by atoms with Gasteiger partial charge in [-0.1, -0.05) is 13.8 Å². The van der Waals surface area contributed by atoms with E-state index in [0.29, 0.717) is 25.6 Å². The normalized spacial score (nSPS) is 19.5. The maximum absolute atomic E-state index is 12.7. The van der Waals surface area contributed by atoms with Gasteiger partial charge in [0.1, 0.15) is 6.54 Å². The number of amides is 1. The fourth-order valence-electron chi connectivity index (χ4n) is 2.94. The molecule has 0 aromatic rings. The second kappa shape index (κ2) is 10.7. The van der Waals surface area contributed by atoms with E-state index in [-0.39, 0.29) is 24.4 Å². The summed E-state index contributed by atoms with van der Waals surface area (Å²) in [5.74, 6) is 0.734. The van der Waals surface area contributed by atoms with Crippen LogP contribution < -0.4 is 5.32 Å². The number of hydrogen-bond donors (Lipinski definition) is 1. The number of alkyl halides is 3. The molecule has 1 saturated heterocycles. The molecule has 0 aliphatic carbocycles. The molecule has 2 atom stereocenters. The number of carbonyl (C=O) groups excluding carboxylic acids is 1. The first kappa shape index (κ1) is 23.5. The van der Waals surface area contributed by atoms with Crippen LogP contribution in [0.3, 0.4) is 0 Å². The van der Waals surface area contributed by atoms with E-state index in [0.717, 1.165) is 19.4 Å². The summed E-state index contributed by atoms with van der Waals surface area (Å²) in [6.07, 6.45) is -2.45. The Morgan fingerprint density at radius 1 is 1.33 bits per heavy atom. The Morgan fingerprint density at radius 3 is 2.52 bits per heavy atom. The van der Waals surface area contributed by atoms with Gasteiger partial charge in [0.15, 0.2) is 5.96 Å². The van der Waals surface area contributed by atoms with Crippen LogP contribution in [0, 0.1) is 5.92 Å². The lowest BCUT2D eigenvalue weighted by Crippen LogP contribution is -2.45. The highest BCUT2D eigenvalue weighted by Gasteiger charge is 2.33. The predicted octanol–water partition coefficient (Wildman–Crippen LogP) is 2.02. The Hall–Kier alpha value is -1.51. The summed E-state index contributed by atoms with van der Waals surface area (Å²) in [4.78, 5) is 21.3. The molecule has 0 radical (unpaired) electrons. The third-order valence-corrected chi connectivity index (χ3v) is 4.80. The molecule has 2 unspecified atom stereocenters. The molecule has 1 rings (SSSR count). The quantitative estimate of drug-likeness (QED) is 0.506. The Bertz CT molecular complexity index is 496. The lowest BCUT2D eigenvalue weighted by Gasteiger charge is -2.27. The Balaban J connectivity index is 2.72. The number of rotatable bonds is 8. The Morgan fingerprint density at radius 2 is 2.00 bits per heavy atom. The molecule has 1 aliphatic rings. The van der Waals surface area contributed by atoms with Crippen LogP contribution in [0.5, 0.6) is 0 Å². The molecule has 1 heterocycles. The first-order valence-electron chi connectivity index (χ1n) is 9.60. The van der Waals surface area contributed by atoms with Crippen molar-refractivity contribution in [2.75, 3.05) is 53.4 Å². The van der Waals surface area contributed by atoms with Gasteiger partial charge in [-0.05, 0) is 32.2 Å². The number of likely N-dealkylation sites (tertiary alicyclic amines) is 1. The van der Waals surface area contributed by atoms with Crippen molar-refractivity contribution < 1.29 is 18.0 Å². The lowest BCUT2D eigenvalue weighted by molar-refractivity contribution is -0.146. The molecule has 1 N–H and O–H groups in total. The van der Waals surface area contributed by atoms with Crippen LogP contribution in [0.15, 0.2) is 4.99 Å². The van der Waals surface area contributed by atoms with Gasteiger partial charge in [0.2, 0.25) is 5.91 Å². The lowest BCUT2D eigenvalue weighted by atomic mass is 10.1. The number of aliphatic imine (C=N–C) groups is 1. The van der Waals surface area contributed by atoms with E-state index < -0.39 is 12.7 Å². The standard InChI is InChI=1S/C18H34F3N5O/c1-6-14(3)23-17(22-10-16(27)24(4)5)26-9-8-15(12-26)11-25(7-2)13-18(19,20)21/h14-15H,6-13H2,1-5H3,(H,22,23). The highest BCUT2D eigenvalue weighted by atomic mass is 19.4. The zero-order chi connectivity index (χ0) is 20.6.